The molecule has 6 rings (SSSR count). The standard InChI is InChI=1S/C28H31Cl2F2N5O2/c1-15-12-36(16(2)11-33-15)26-18-9-20(30)23(17-8-19(29)22(32)10-21(17)31)25-24(18)37(27(38)34-26)13-28(14-39-25)4-6-35(3)7-5-28/h8-10,15-16,33H,4-7,11-14H2,1-3H3/t15-,16+/m1/s1. The predicted octanol–water partition coefficient (Wildman–Crippen LogP) is 4.94. The van der Waals surface area contributed by atoms with Gasteiger partial charge in [0.15, 0.2) is 5.75 Å². The van der Waals surface area contributed by atoms with Crippen molar-refractivity contribution in [2.24, 2.45) is 5.41 Å². The van der Waals surface area contributed by atoms with Crippen molar-refractivity contribution in [3.63, 3.8) is 0 Å². The fourth-order valence-corrected chi connectivity index (χ4v) is 6.61. The van der Waals surface area contributed by atoms with Gasteiger partial charge in [-0.1, -0.05) is 23.2 Å². The Kier molecular flexibility index (Phi) is 6.77. The molecule has 0 amide bonds. The van der Waals surface area contributed by atoms with Crippen LogP contribution in [-0.4, -0.2) is 66.4 Å². The number of likely N-dealkylation sites (tertiary alicyclic amines) is 1. The Morgan fingerprint density at radius 3 is 2.59 bits per heavy atom. The molecule has 0 bridgehead atoms. The molecule has 2 saturated heterocycles. The van der Waals surface area contributed by atoms with Crippen molar-refractivity contribution in [3.8, 4) is 16.9 Å². The molecule has 3 aliphatic rings. The zero-order chi connectivity index (χ0) is 27.6. The van der Waals surface area contributed by atoms with Gasteiger partial charge in [-0.25, -0.2) is 13.6 Å². The molecule has 11 heteroatoms. The number of aromatic nitrogens is 2. The third kappa shape index (κ3) is 4.57. The summed E-state index contributed by atoms with van der Waals surface area (Å²) in [7, 11) is 2.08. The average Bonchev–Trinajstić information content (AvgIpc) is 3.06. The summed E-state index contributed by atoms with van der Waals surface area (Å²) in [6, 6.07) is 3.96. The highest BCUT2D eigenvalue weighted by Gasteiger charge is 2.40. The lowest BCUT2D eigenvalue weighted by Crippen LogP contribution is -2.55. The summed E-state index contributed by atoms with van der Waals surface area (Å²) in [6.07, 6.45) is 1.67. The van der Waals surface area contributed by atoms with Crippen LogP contribution >= 0.6 is 23.2 Å². The number of piperazine rings is 1. The lowest BCUT2D eigenvalue weighted by atomic mass is 9.79. The second-order valence-electron chi connectivity index (χ2n) is 11.4. The van der Waals surface area contributed by atoms with E-state index in [1.165, 1.54) is 6.07 Å². The van der Waals surface area contributed by atoms with Crippen LogP contribution < -0.4 is 20.6 Å². The molecule has 1 spiro atoms. The summed E-state index contributed by atoms with van der Waals surface area (Å²) in [6.45, 7) is 8.05. The number of piperidine rings is 1. The van der Waals surface area contributed by atoms with Crippen molar-refractivity contribution in [2.45, 2.75) is 45.3 Å². The molecule has 2 aromatic carbocycles. The molecule has 39 heavy (non-hydrogen) atoms. The maximum atomic E-state index is 15.3. The van der Waals surface area contributed by atoms with Gasteiger partial charge in [0, 0.05) is 59.7 Å². The summed E-state index contributed by atoms with van der Waals surface area (Å²) in [5.74, 6) is -0.852. The van der Waals surface area contributed by atoms with Gasteiger partial charge in [0.25, 0.3) is 0 Å². The van der Waals surface area contributed by atoms with Crippen molar-refractivity contribution in [2.75, 3.05) is 44.7 Å². The van der Waals surface area contributed by atoms with Crippen LogP contribution in [0.25, 0.3) is 22.0 Å². The minimum Gasteiger partial charge on any atom is -0.490 e. The Balaban J connectivity index is 1.64. The van der Waals surface area contributed by atoms with Crippen molar-refractivity contribution >= 4 is 39.9 Å². The number of halogens is 4. The Labute approximate surface area is 235 Å². The van der Waals surface area contributed by atoms with Crippen molar-refractivity contribution in [1.82, 2.24) is 19.8 Å². The van der Waals surface area contributed by atoms with E-state index in [1.807, 2.05) is 0 Å². The Bertz CT molecular complexity index is 1520. The van der Waals surface area contributed by atoms with Gasteiger partial charge in [0.1, 0.15) is 17.5 Å². The van der Waals surface area contributed by atoms with Gasteiger partial charge < -0.3 is 19.9 Å². The van der Waals surface area contributed by atoms with E-state index in [9.17, 15) is 9.18 Å². The van der Waals surface area contributed by atoms with Crippen molar-refractivity contribution in [3.05, 3.63) is 50.4 Å². The first-order chi connectivity index (χ1) is 18.6. The number of benzene rings is 2. The van der Waals surface area contributed by atoms with Crippen LogP contribution in [0.5, 0.6) is 5.75 Å². The van der Waals surface area contributed by atoms with Gasteiger partial charge in [0.2, 0.25) is 0 Å². The van der Waals surface area contributed by atoms with Crippen LogP contribution in [0.1, 0.15) is 26.7 Å². The van der Waals surface area contributed by atoms with Gasteiger partial charge in [-0.2, -0.15) is 4.98 Å². The SMILES string of the molecule is C[C@@H]1CN(c2nc(=O)n3c4c(c(-c5cc(Cl)c(F)cc5F)c(Cl)cc24)OCC2(CCN(C)CC2)C3)[C@@H](C)CN1. The number of hydrogen-bond acceptors (Lipinski definition) is 6. The molecular formula is C28H31Cl2F2N5O2. The highest BCUT2D eigenvalue weighted by atomic mass is 35.5. The molecule has 1 aromatic heterocycles. The molecule has 3 aromatic rings. The first-order valence-corrected chi connectivity index (χ1v) is 14.1. The van der Waals surface area contributed by atoms with E-state index in [0.29, 0.717) is 42.2 Å². The van der Waals surface area contributed by atoms with Gasteiger partial charge in [-0.05, 0) is 59.0 Å². The number of nitrogens with zero attached hydrogens (tertiary/aromatic N) is 4. The summed E-state index contributed by atoms with van der Waals surface area (Å²) in [5, 5.41) is 4.10. The highest BCUT2D eigenvalue weighted by molar-refractivity contribution is 6.35. The summed E-state index contributed by atoms with van der Waals surface area (Å²) < 4.78 is 37.6. The van der Waals surface area contributed by atoms with E-state index < -0.39 is 11.6 Å². The van der Waals surface area contributed by atoms with E-state index in [0.717, 1.165) is 38.5 Å². The fraction of sp³-hybridized carbons (Fsp3) is 0.500. The molecule has 0 saturated carbocycles. The van der Waals surface area contributed by atoms with Crippen molar-refractivity contribution < 1.29 is 13.5 Å². The maximum Gasteiger partial charge on any atom is 0.350 e. The zero-order valence-corrected chi connectivity index (χ0v) is 23.7. The smallest absolute Gasteiger partial charge is 0.350 e. The predicted molar refractivity (Wildman–Crippen MR) is 150 cm³/mol. The lowest BCUT2D eigenvalue weighted by molar-refractivity contribution is 0.0551. The first kappa shape index (κ1) is 26.7. The average molecular weight is 578 g/mol. The topological polar surface area (TPSA) is 62.6 Å². The number of ether oxygens (including phenoxy) is 1. The van der Waals surface area contributed by atoms with E-state index in [-0.39, 0.29) is 44.4 Å². The zero-order valence-electron chi connectivity index (χ0n) is 22.2. The van der Waals surface area contributed by atoms with Gasteiger partial charge >= 0.3 is 5.69 Å². The van der Waals surface area contributed by atoms with Crippen LogP contribution in [0.4, 0.5) is 14.6 Å². The summed E-state index contributed by atoms with van der Waals surface area (Å²) in [4.78, 5) is 22.8. The molecule has 2 atom stereocenters. The molecule has 3 aliphatic heterocycles. The Morgan fingerprint density at radius 2 is 1.85 bits per heavy atom. The third-order valence-corrected chi connectivity index (χ3v) is 9.12. The molecule has 1 N–H and O–H groups in total. The van der Waals surface area contributed by atoms with Crippen LogP contribution in [0.3, 0.4) is 0 Å². The molecule has 4 heterocycles. The largest absolute Gasteiger partial charge is 0.490 e. The minimum absolute atomic E-state index is 0.0177. The lowest BCUT2D eigenvalue weighted by Gasteiger charge is -2.40. The highest BCUT2D eigenvalue weighted by Crippen LogP contribution is 2.48. The van der Waals surface area contributed by atoms with Gasteiger partial charge in [0.05, 0.1) is 22.2 Å². The van der Waals surface area contributed by atoms with E-state index in [2.05, 4.69) is 41.0 Å². The summed E-state index contributed by atoms with van der Waals surface area (Å²) >= 11 is 13.0. The van der Waals surface area contributed by atoms with Crippen LogP contribution in [0.2, 0.25) is 10.0 Å². The Hall–Kier alpha value is -2.46. The second kappa shape index (κ2) is 9.87. The first-order valence-electron chi connectivity index (χ1n) is 13.3. The van der Waals surface area contributed by atoms with Crippen LogP contribution in [0.15, 0.2) is 23.0 Å². The molecular weight excluding hydrogens is 547 g/mol. The second-order valence-corrected chi connectivity index (χ2v) is 12.2. The molecule has 7 nitrogen and oxygen atoms in total. The fourth-order valence-electron chi connectivity index (χ4n) is 6.15. The monoisotopic (exact) mass is 577 g/mol. The molecule has 2 fully saturated rings. The molecule has 0 radical (unpaired) electrons. The van der Waals surface area contributed by atoms with Crippen molar-refractivity contribution in [1.29, 1.82) is 0 Å². The van der Waals surface area contributed by atoms with Gasteiger partial charge in [-0.15, -0.1) is 0 Å². The van der Waals surface area contributed by atoms with E-state index in [4.69, 9.17) is 27.9 Å². The van der Waals surface area contributed by atoms with Crippen LogP contribution in [-0.2, 0) is 6.54 Å². The maximum absolute atomic E-state index is 15.3. The molecule has 0 unspecified atom stereocenters. The normalized spacial score (nSPS) is 23.2. The van der Waals surface area contributed by atoms with E-state index >= 15 is 4.39 Å². The molecule has 0 aliphatic carbocycles. The number of rotatable bonds is 2. The molecule has 208 valence electrons. The Morgan fingerprint density at radius 1 is 1.10 bits per heavy atom. The minimum atomic E-state index is -0.864. The van der Waals surface area contributed by atoms with Gasteiger partial charge in [-0.3, -0.25) is 4.57 Å². The quantitative estimate of drug-likeness (QED) is 0.435. The number of anilines is 1. The summed E-state index contributed by atoms with van der Waals surface area (Å²) in [5.41, 5.74) is 0.111. The van der Waals surface area contributed by atoms with Crippen LogP contribution in [0, 0.1) is 17.0 Å². The number of hydrogen-bond donors (Lipinski definition) is 1. The number of nitrogens with one attached hydrogen (secondary N) is 1. The van der Waals surface area contributed by atoms with E-state index in [1.54, 1.807) is 10.6 Å². The third-order valence-electron chi connectivity index (χ3n) is 8.53.